The minimum absolute atomic E-state index is 0.0322. The second-order valence-electron chi connectivity index (χ2n) is 4.90. The van der Waals surface area contributed by atoms with Crippen molar-refractivity contribution < 1.29 is 22.8 Å². The van der Waals surface area contributed by atoms with Crippen molar-refractivity contribution in [3.63, 3.8) is 0 Å². The Morgan fingerprint density at radius 1 is 1.04 bits per heavy atom. The summed E-state index contributed by atoms with van der Waals surface area (Å²) >= 11 is 0. The summed E-state index contributed by atoms with van der Waals surface area (Å²) in [6.45, 7) is 1.74. The van der Waals surface area contributed by atoms with Gasteiger partial charge in [0.15, 0.2) is 0 Å². The van der Waals surface area contributed by atoms with Gasteiger partial charge in [-0.1, -0.05) is 6.07 Å². The quantitative estimate of drug-likeness (QED) is 0.632. The van der Waals surface area contributed by atoms with Gasteiger partial charge in [-0.3, -0.25) is 14.8 Å². The first kappa shape index (κ1) is 17.5. The summed E-state index contributed by atoms with van der Waals surface area (Å²) in [4.78, 5) is 10.2. The van der Waals surface area contributed by atoms with E-state index in [1.165, 1.54) is 38.5 Å². The van der Waals surface area contributed by atoms with E-state index >= 15 is 0 Å². The number of methoxy groups -OCH3 is 2. The molecule has 0 saturated carbocycles. The zero-order chi connectivity index (χ0) is 17.9. The predicted molar refractivity (Wildman–Crippen MR) is 88.2 cm³/mol. The molecule has 24 heavy (non-hydrogen) atoms. The first-order valence-electron chi connectivity index (χ1n) is 6.78. The van der Waals surface area contributed by atoms with Gasteiger partial charge in [0.25, 0.3) is 15.7 Å². The monoisotopic (exact) mass is 352 g/mol. The van der Waals surface area contributed by atoms with Gasteiger partial charge in [-0.05, 0) is 30.7 Å². The van der Waals surface area contributed by atoms with Crippen LogP contribution >= 0.6 is 0 Å². The molecule has 0 spiro atoms. The second kappa shape index (κ2) is 6.75. The molecule has 1 N–H and O–H groups in total. The number of nitro groups is 1. The first-order chi connectivity index (χ1) is 11.3. The smallest absolute Gasteiger partial charge is 0.271 e. The summed E-state index contributed by atoms with van der Waals surface area (Å²) in [5, 5.41) is 10.9. The molecule has 9 heteroatoms. The maximum absolute atomic E-state index is 12.7. The number of sulfonamides is 1. The second-order valence-corrected chi connectivity index (χ2v) is 6.55. The molecule has 0 radical (unpaired) electrons. The van der Waals surface area contributed by atoms with E-state index < -0.39 is 14.9 Å². The lowest BCUT2D eigenvalue weighted by molar-refractivity contribution is -0.384. The molecule has 0 fully saturated rings. The summed E-state index contributed by atoms with van der Waals surface area (Å²) in [7, 11) is -1.33. The molecule has 0 aliphatic rings. The largest absolute Gasteiger partial charge is 0.495 e. The van der Waals surface area contributed by atoms with Crippen molar-refractivity contribution in [2.24, 2.45) is 0 Å². The number of aryl methyl sites for hydroxylation is 1. The molecule has 2 aromatic rings. The van der Waals surface area contributed by atoms with Gasteiger partial charge in [0.1, 0.15) is 16.4 Å². The van der Waals surface area contributed by atoms with Crippen molar-refractivity contribution in [2.45, 2.75) is 11.8 Å². The van der Waals surface area contributed by atoms with Gasteiger partial charge in [-0.2, -0.15) is 0 Å². The van der Waals surface area contributed by atoms with E-state index in [4.69, 9.17) is 9.47 Å². The van der Waals surface area contributed by atoms with E-state index in [-0.39, 0.29) is 27.8 Å². The van der Waals surface area contributed by atoms with E-state index in [2.05, 4.69) is 4.72 Å². The van der Waals surface area contributed by atoms with Gasteiger partial charge < -0.3 is 9.47 Å². The normalized spacial score (nSPS) is 11.0. The predicted octanol–water partition coefficient (Wildman–Crippen LogP) is 2.72. The lowest BCUT2D eigenvalue weighted by Crippen LogP contribution is -2.15. The summed E-state index contributed by atoms with van der Waals surface area (Å²) < 4.78 is 37.8. The number of hydrogen-bond acceptors (Lipinski definition) is 6. The molecule has 2 rings (SSSR count). The fourth-order valence-electron chi connectivity index (χ4n) is 2.08. The van der Waals surface area contributed by atoms with Crippen molar-refractivity contribution in [1.29, 1.82) is 0 Å². The number of nitrogens with zero attached hydrogens (tertiary/aromatic N) is 1. The standard InChI is InChI=1S/C15H16N2O6S/c1-10-4-6-14(23-3)15(8-10)24(20,21)16-12-9-11(17(18)19)5-7-13(12)22-2/h4-9,16H,1-3H3. The molecular formula is C15H16N2O6S. The van der Waals surface area contributed by atoms with Crippen LogP contribution in [0.1, 0.15) is 5.56 Å². The van der Waals surface area contributed by atoms with Gasteiger partial charge in [0.2, 0.25) is 0 Å². The van der Waals surface area contributed by atoms with Gasteiger partial charge in [0, 0.05) is 12.1 Å². The Morgan fingerprint density at radius 3 is 2.25 bits per heavy atom. The number of ether oxygens (including phenoxy) is 2. The van der Waals surface area contributed by atoms with Crippen LogP contribution in [0.25, 0.3) is 0 Å². The Bertz CT molecular complexity index is 880. The van der Waals surface area contributed by atoms with E-state index in [1.54, 1.807) is 13.0 Å². The van der Waals surface area contributed by atoms with E-state index in [0.717, 1.165) is 11.6 Å². The van der Waals surface area contributed by atoms with Crippen molar-refractivity contribution >= 4 is 21.4 Å². The average Bonchev–Trinajstić information content (AvgIpc) is 2.54. The molecule has 0 unspecified atom stereocenters. The zero-order valence-electron chi connectivity index (χ0n) is 13.3. The fraction of sp³-hybridized carbons (Fsp3) is 0.200. The molecule has 0 aliphatic carbocycles. The fourth-order valence-corrected chi connectivity index (χ4v) is 3.40. The lowest BCUT2D eigenvalue weighted by atomic mass is 10.2. The average molecular weight is 352 g/mol. The number of nitro benzene ring substituents is 1. The molecule has 8 nitrogen and oxygen atoms in total. The third kappa shape index (κ3) is 3.57. The highest BCUT2D eigenvalue weighted by Crippen LogP contribution is 2.33. The number of non-ortho nitro benzene ring substituents is 1. The topological polar surface area (TPSA) is 108 Å². The van der Waals surface area contributed by atoms with Crippen LogP contribution in [0.2, 0.25) is 0 Å². The van der Waals surface area contributed by atoms with Gasteiger partial charge in [-0.25, -0.2) is 8.42 Å². The number of hydrogen-bond donors (Lipinski definition) is 1. The molecule has 128 valence electrons. The Hall–Kier alpha value is -2.81. The highest BCUT2D eigenvalue weighted by molar-refractivity contribution is 7.92. The summed E-state index contributed by atoms with van der Waals surface area (Å²) in [5.41, 5.74) is 0.433. The molecular weight excluding hydrogens is 336 g/mol. The van der Waals surface area contributed by atoms with Crippen molar-refractivity contribution in [1.82, 2.24) is 0 Å². The zero-order valence-corrected chi connectivity index (χ0v) is 14.1. The SMILES string of the molecule is COc1ccc([N+](=O)[O-])cc1NS(=O)(=O)c1cc(C)ccc1OC. The summed E-state index contributed by atoms with van der Waals surface area (Å²) in [6.07, 6.45) is 0. The van der Waals surface area contributed by atoms with E-state index in [1.807, 2.05) is 0 Å². The van der Waals surface area contributed by atoms with Gasteiger partial charge in [-0.15, -0.1) is 0 Å². The summed E-state index contributed by atoms with van der Waals surface area (Å²) in [6, 6.07) is 8.34. The highest BCUT2D eigenvalue weighted by atomic mass is 32.2. The molecule has 0 bridgehead atoms. The third-order valence-electron chi connectivity index (χ3n) is 3.25. The highest BCUT2D eigenvalue weighted by Gasteiger charge is 2.22. The third-order valence-corrected chi connectivity index (χ3v) is 4.63. The molecule has 0 saturated heterocycles. The molecule has 0 heterocycles. The Kier molecular flexibility index (Phi) is 4.93. The number of benzene rings is 2. The van der Waals surface area contributed by atoms with Crippen molar-refractivity contribution in [3.05, 3.63) is 52.1 Å². The molecule has 2 aromatic carbocycles. The Morgan fingerprint density at radius 2 is 1.67 bits per heavy atom. The van der Waals surface area contributed by atoms with Crippen LogP contribution in [0.4, 0.5) is 11.4 Å². The van der Waals surface area contributed by atoms with Gasteiger partial charge in [0.05, 0.1) is 24.8 Å². The molecule has 0 aliphatic heterocycles. The minimum Gasteiger partial charge on any atom is -0.495 e. The maximum atomic E-state index is 12.7. The number of rotatable bonds is 6. The van der Waals surface area contributed by atoms with Crippen LogP contribution in [0.3, 0.4) is 0 Å². The Balaban J connectivity index is 2.52. The Labute approximate surface area is 139 Å². The summed E-state index contributed by atoms with van der Waals surface area (Å²) in [5.74, 6) is 0.327. The van der Waals surface area contributed by atoms with Crippen LogP contribution in [-0.2, 0) is 10.0 Å². The van der Waals surface area contributed by atoms with E-state index in [0.29, 0.717) is 0 Å². The van der Waals surface area contributed by atoms with Gasteiger partial charge >= 0.3 is 0 Å². The molecule has 0 atom stereocenters. The van der Waals surface area contributed by atoms with E-state index in [9.17, 15) is 18.5 Å². The van der Waals surface area contributed by atoms with Crippen LogP contribution in [0, 0.1) is 17.0 Å². The molecule has 0 aromatic heterocycles. The number of nitrogens with one attached hydrogen (secondary N) is 1. The molecule has 0 amide bonds. The van der Waals surface area contributed by atoms with Crippen molar-refractivity contribution in [3.8, 4) is 11.5 Å². The number of anilines is 1. The van der Waals surface area contributed by atoms with Crippen LogP contribution < -0.4 is 14.2 Å². The van der Waals surface area contributed by atoms with Crippen LogP contribution in [-0.4, -0.2) is 27.6 Å². The minimum atomic E-state index is -4.03. The first-order valence-corrected chi connectivity index (χ1v) is 8.26. The van der Waals surface area contributed by atoms with Crippen LogP contribution in [0.5, 0.6) is 11.5 Å². The van der Waals surface area contributed by atoms with Crippen LogP contribution in [0.15, 0.2) is 41.3 Å². The lowest BCUT2D eigenvalue weighted by Gasteiger charge is -2.14. The maximum Gasteiger partial charge on any atom is 0.271 e. The van der Waals surface area contributed by atoms with Crippen molar-refractivity contribution in [2.75, 3.05) is 18.9 Å².